The molecule has 0 radical (unpaired) electrons. The van der Waals surface area contributed by atoms with E-state index in [1.165, 1.54) is 0 Å². The Bertz CT molecular complexity index is 512. The van der Waals surface area contributed by atoms with E-state index in [1.54, 1.807) is 12.3 Å². The standard InChI is InChI=1S/C12H9N3/c1-9-10(8-13)5-6-12(15-9)11-4-2-3-7-14-11/h2-7H,1H3. The van der Waals surface area contributed by atoms with E-state index in [0.717, 1.165) is 17.1 Å². The maximum Gasteiger partial charge on any atom is 0.101 e. The quantitative estimate of drug-likeness (QED) is 0.701. The Morgan fingerprint density at radius 3 is 2.60 bits per heavy atom. The van der Waals surface area contributed by atoms with Gasteiger partial charge in [-0.15, -0.1) is 0 Å². The highest BCUT2D eigenvalue weighted by atomic mass is 14.8. The van der Waals surface area contributed by atoms with E-state index in [-0.39, 0.29) is 0 Å². The number of pyridine rings is 2. The topological polar surface area (TPSA) is 49.6 Å². The molecule has 3 nitrogen and oxygen atoms in total. The van der Waals surface area contributed by atoms with Gasteiger partial charge in [0.1, 0.15) is 6.07 Å². The summed E-state index contributed by atoms with van der Waals surface area (Å²) >= 11 is 0. The van der Waals surface area contributed by atoms with E-state index in [2.05, 4.69) is 16.0 Å². The molecule has 0 fully saturated rings. The molecule has 0 spiro atoms. The summed E-state index contributed by atoms with van der Waals surface area (Å²) in [4.78, 5) is 8.53. The van der Waals surface area contributed by atoms with E-state index in [1.807, 2.05) is 31.2 Å². The Morgan fingerprint density at radius 1 is 1.13 bits per heavy atom. The maximum atomic E-state index is 8.77. The third kappa shape index (κ3) is 1.84. The second-order valence-electron chi connectivity index (χ2n) is 3.16. The largest absolute Gasteiger partial charge is 0.255 e. The normalized spacial score (nSPS) is 9.60. The highest BCUT2D eigenvalue weighted by Gasteiger charge is 2.03. The average Bonchev–Trinajstić information content (AvgIpc) is 2.30. The first kappa shape index (κ1) is 9.35. The molecule has 0 unspecified atom stereocenters. The fraction of sp³-hybridized carbons (Fsp3) is 0.0833. The maximum absolute atomic E-state index is 8.77. The van der Waals surface area contributed by atoms with Crippen molar-refractivity contribution in [2.24, 2.45) is 0 Å². The molecule has 0 aliphatic rings. The van der Waals surface area contributed by atoms with E-state index in [9.17, 15) is 0 Å². The molecule has 15 heavy (non-hydrogen) atoms. The Morgan fingerprint density at radius 2 is 2.00 bits per heavy atom. The highest BCUT2D eigenvalue weighted by Crippen LogP contribution is 2.15. The minimum Gasteiger partial charge on any atom is -0.255 e. The minimum atomic E-state index is 0.606. The summed E-state index contributed by atoms with van der Waals surface area (Å²) in [6, 6.07) is 11.3. The third-order valence-electron chi connectivity index (χ3n) is 2.13. The van der Waals surface area contributed by atoms with Crippen molar-refractivity contribution in [2.75, 3.05) is 0 Å². The molecule has 0 atom stereocenters. The molecule has 0 N–H and O–H groups in total. The second-order valence-corrected chi connectivity index (χ2v) is 3.16. The van der Waals surface area contributed by atoms with E-state index < -0.39 is 0 Å². The SMILES string of the molecule is Cc1nc(-c2ccccn2)ccc1C#N. The van der Waals surface area contributed by atoms with Crippen LogP contribution in [0.15, 0.2) is 36.5 Å². The molecular formula is C12H9N3. The monoisotopic (exact) mass is 195 g/mol. The van der Waals surface area contributed by atoms with Gasteiger partial charge in [-0.2, -0.15) is 5.26 Å². The lowest BCUT2D eigenvalue weighted by atomic mass is 10.1. The number of hydrogen-bond donors (Lipinski definition) is 0. The molecule has 0 bridgehead atoms. The summed E-state index contributed by atoms with van der Waals surface area (Å²) in [5.74, 6) is 0. The van der Waals surface area contributed by atoms with Gasteiger partial charge in [-0.05, 0) is 31.2 Å². The molecule has 0 aromatic carbocycles. The van der Waals surface area contributed by atoms with Crippen molar-refractivity contribution < 1.29 is 0 Å². The lowest BCUT2D eigenvalue weighted by Gasteiger charge is -2.01. The van der Waals surface area contributed by atoms with E-state index in [4.69, 9.17) is 5.26 Å². The van der Waals surface area contributed by atoms with Crippen molar-refractivity contribution >= 4 is 0 Å². The van der Waals surface area contributed by atoms with Crippen LogP contribution in [-0.2, 0) is 0 Å². The zero-order chi connectivity index (χ0) is 10.7. The van der Waals surface area contributed by atoms with Crippen molar-refractivity contribution in [3.8, 4) is 17.5 Å². The molecule has 0 aliphatic carbocycles. The van der Waals surface area contributed by atoms with E-state index >= 15 is 0 Å². The summed E-state index contributed by atoms with van der Waals surface area (Å²) in [6.45, 7) is 1.82. The number of nitriles is 1. The Labute approximate surface area is 88.1 Å². The molecule has 2 rings (SSSR count). The third-order valence-corrected chi connectivity index (χ3v) is 2.13. The van der Waals surface area contributed by atoms with Gasteiger partial charge in [0.05, 0.1) is 22.6 Å². The molecule has 2 aromatic rings. The summed E-state index contributed by atoms with van der Waals surface area (Å²) in [5.41, 5.74) is 2.97. The van der Waals surface area contributed by atoms with Gasteiger partial charge in [0.15, 0.2) is 0 Å². The number of rotatable bonds is 1. The predicted octanol–water partition coefficient (Wildman–Crippen LogP) is 2.32. The van der Waals surface area contributed by atoms with Crippen molar-refractivity contribution in [3.05, 3.63) is 47.8 Å². The molecule has 2 heterocycles. The molecule has 72 valence electrons. The molecule has 0 saturated heterocycles. The van der Waals surface area contributed by atoms with Crippen LogP contribution in [0.25, 0.3) is 11.4 Å². The fourth-order valence-electron chi connectivity index (χ4n) is 1.34. The molecular weight excluding hydrogens is 186 g/mol. The highest BCUT2D eigenvalue weighted by molar-refractivity contribution is 5.55. The van der Waals surface area contributed by atoms with Crippen LogP contribution in [0.4, 0.5) is 0 Å². The van der Waals surface area contributed by atoms with Gasteiger partial charge < -0.3 is 0 Å². The van der Waals surface area contributed by atoms with Crippen LogP contribution in [0.3, 0.4) is 0 Å². The van der Waals surface area contributed by atoms with E-state index in [0.29, 0.717) is 5.56 Å². The van der Waals surface area contributed by atoms with Crippen LogP contribution >= 0.6 is 0 Å². The van der Waals surface area contributed by atoms with Crippen LogP contribution in [0.5, 0.6) is 0 Å². The zero-order valence-electron chi connectivity index (χ0n) is 8.31. The van der Waals surface area contributed by atoms with Gasteiger partial charge in [-0.1, -0.05) is 6.07 Å². The fourth-order valence-corrected chi connectivity index (χ4v) is 1.34. The van der Waals surface area contributed by atoms with Crippen LogP contribution in [0, 0.1) is 18.3 Å². The van der Waals surface area contributed by atoms with Gasteiger partial charge in [-0.3, -0.25) is 9.97 Å². The average molecular weight is 195 g/mol. The Kier molecular flexibility index (Phi) is 2.42. The van der Waals surface area contributed by atoms with Gasteiger partial charge >= 0.3 is 0 Å². The van der Waals surface area contributed by atoms with Crippen molar-refractivity contribution in [1.82, 2.24) is 9.97 Å². The van der Waals surface area contributed by atoms with Gasteiger partial charge in [-0.25, -0.2) is 0 Å². The Hall–Kier alpha value is -2.21. The summed E-state index contributed by atoms with van der Waals surface area (Å²) in [5, 5.41) is 8.77. The van der Waals surface area contributed by atoms with Crippen molar-refractivity contribution in [3.63, 3.8) is 0 Å². The van der Waals surface area contributed by atoms with Crippen LogP contribution in [0.1, 0.15) is 11.3 Å². The van der Waals surface area contributed by atoms with Crippen LogP contribution in [0.2, 0.25) is 0 Å². The van der Waals surface area contributed by atoms with Crippen LogP contribution < -0.4 is 0 Å². The van der Waals surface area contributed by atoms with Gasteiger partial charge in [0.2, 0.25) is 0 Å². The predicted molar refractivity (Wildman–Crippen MR) is 56.9 cm³/mol. The van der Waals surface area contributed by atoms with Crippen molar-refractivity contribution in [1.29, 1.82) is 5.26 Å². The molecule has 0 saturated carbocycles. The lowest BCUT2D eigenvalue weighted by Crippen LogP contribution is -1.92. The number of nitrogens with zero attached hydrogens (tertiary/aromatic N) is 3. The number of aryl methyl sites for hydroxylation is 1. The van der Waals surface area contributed by atoms with Gasteiger partial charge in [0, 0.05) is 6.20 Å². The van der Waals surface area contributed by atoms with Crippen LogP contribution in [-0.4, -0.2) is 9.97 Å². The first-order chi connectivity index (χ1) is 7.31. The lowest BCUT2D eigenvalue weighted by molar-refractivity contribution is 1.16. The zero-order valence-corrected chi connectivity index (χ0v) is 8.31. The summed E-state index contributed by atoms with van der Waals surface area (Å²) in [7, 11) is 0. The van der Waals surface area contributed by atoms with Crippen molar-refractivity contribution in [2.45, 2.75) is 6.92 Å². The molecule has 0 amide bonds. The number of hydrogen-bond acceptors (Lipinski definition) is 3. The first-order valence-electron chi connectivity index (χ1n) is 4.60. The smallest absolute Gasteiger partial charge is 0.101 e. The Balaban J connectivity index is 2.49. The summed E-state index contributed by atoms with van der Waals surface area (Å²) < 4.78 is 0. The minimum absolute atomic E-state index is 0.606. The molecule has 3 heteroatoms. The second kappa shape index (κ2) is 3.89. The van der Waals surface area contributed by atoms with Gasteiger partial charge in [0.25, 0.3) is 0 Å². The molecule has 2 aromatic heterocycles. The number of aromatic nitrogens is 2. The molecule has 0 aliphatic heterocycles. The summed E-state index contributed by atoms with van der Waals surface area (Å²) in [6.07, 6.45) is 1.73. The first-order valence-corrected chi connectivity index (χ1v) is 4.60.